The van der Waals surface area contributed by atoms with Gasteiger partial charge in [0, 0.05) is 15.2 Å². The Morgan fingerprint density at radius 2 is 1.86 bits per heavy atom. The first-order valence-electron chi connectivity index (χ1n) is 7.98. The fraction of sp³-hybridized carbons (Fsp3) is 0.222. The third-order valence-electron chi connectivity index (χ3n) is 3.63. The zero-order valence-corrected chi connectivity index (χ0v) is 18.6. The maximum Gasteiger partial charge on any atom is 0.307 e. The number of esters is 1. The number of halogens is 3. The van der Waals surface area contributed by atoms with Gasteiger partial charge in [0.05, 0.1) is 22.1 Å². The van der Waals surface area contributed by atoms with Gasteiger partial charge in [0.2, 0.25) is 0 Å². The molecule has 10 heteroatoms. The van der Waals surface area contributed by atoms with Gasteiger partial charge in [0.1, 0.15) is 0 Å². The van der Waals surface area contributed by atoms with Crippen molar-refractivity contribution in [1.82, 2.24) is 0 Å². The first kappa shape index (κ1) is 22.7. The number of aryl methyl sites for hydroxylation is 1. The fourth-order valence-corrected chi connectivity index (χ4v) is 4.72. The maximum atomic E-state index is 12.3. The fourth-order valence-electron chi connectivity index (χ4n) is 2.22. The van der Waals surface area contributed by atoms with E-state index >= 15 is 0 Å². The first-order chi connectivity index (χ1) is 13.1. The van der Waals surface area contributed by atoms with Crippen LogP contribution >= 0.6 is 39.1 Å². The second-order valence-electron chi connectivity index (χ2n) is 5.81. The van der Waals surface area contributed by atoms with E-state index in [0.717, 1.165) is 10.0 Å². The zero-order valence-electron chi connectivity index (χ0n) is 14.7. The first-order valence-corrected chi connectivity index (χ1v) is 11.2. The van der Waals surface area contributed by atoms with Crippen molar-refractivity contribution < 1.29 is 22.7 Å². The number of nitrogens with one attached hydrogen (secondary N) is 1. The van der Waals surface area contributed by atoms with Gasteiger partial charge in [-0.05, 0) is 48.9 Å². The summed E-state index contributed by atoms with van der Waals surface area (Å²) in [5.41, 5.74) is 1.42. The molecule has 0 atom stereocenters. The minimum Gasteiger partial charge on any atom is -0.456 e. The average Bonchev–Trinajstić information content (AvgIpc) is 2.62. The SMILES string of the molecule is Cc1cc(Br)ccc1NC(=O)COC(=O)CCS(=O)(=O)c1cc(Cl)ccc1Cl. The lowest BCUT2D eigenvalue weighted by Gasteiger charge is -2.10. The molecule has 0 spiro atoms. The minimum atomic E-state index is -3.83. The highest BCUT2D eigenvalue weighted by atomic mass is 79.9. The summed E-state index contributed by atoms with van der Waals surface area (Å²) < 4.78 is 30.4. The number of anilines is 1. The van der Waals surface area contributed by atoms with Crippen molar-refractivity contribution in [1.29, 1.82) is 0 Å². The number of benzene rings is 2. The average molecular weight is 509 g/mol. The van der Waals surface area contributed by atoms with Gasteiger partial charge >= 0.3 is 5.97 Å². The van der Waals surface area contributed by atoms with Gasteiger partial charge in [0.25, 0.3) is 5.91 Å². The molecule has 2 aromatic carbocycles. The third kappa shape index (κ3) is 6.48. The highest BCUT2D eigenvalue weighted by Gasteiger charge is 2.21. The van der Waals surface area contributed by atoms with Crippen LogP contribution in [0.2, 0.25) is 10.0 Å². The van der Waals surface area contributed by atoms with E-state index in [-0.39, 0.29) is 14.9 Å². The lowest BCUT2D eigenvalue weighted by molar-refractivity contribution is -0.146. The standard InChI is InChI=1S/C18H16BrCl2NO5S/c1-11-8-12(19)2-5-15(11)22-17(23)10-27-18(24)6-7-28(25,26)16-9-13(20)3-4-14(16)21/h2-5,8-9H,6-7,10H2,1H3,(H,22,23). The second-order valence-corrected chi connectivity index (χ2v) is 9.65. The molecule has 0 heterocycles. The van der Waals surface area contributed by atoms with Crippen LogP contribution in [0.4, 0.5) is 5.69 Å². The van der Waals surface area contributed by atoms with E-state index in [0.29, 0.717) is 5.69 Å². The van der Waals surface area contributed by atoms with Crippen molar-refractivity contribution in [2.45, 2.75) is 18.2 Å². The summed E-state index contributed by atoms with van der Waals surface area (Å²) in [5.74, 6) is -1.86. The normalized spacial score (nSPS) is 11.1. The van der Waals surface area contributed by atoms with Gasteiger partial charge < -0.3 is 10.1 Å². The summed E-state index contributed by atoms with van der Waals surface area (Å²) in [4.78, 5) is 23.6. The van der Waals surface area contributed by atoms with Crippen LogP contribution in [-0.4, -0.2) is 32.7 Å². The Morgan fingerprint density at radius 3 is 2.54 bits per heavy atom. The molecule has 0 saturated heterocycles. The molecule has 2 aromatic rings. The molecule has 0 fully saturated rings. The maximum absolute atomic E-state index is 12.3. The Hall–Kier alpha value is -1.61. The van der Waals surface area contributed by atoms with Crippen molar-refractivity contribution in [2.75, 3.05) is 17.7 Å². The third-order valence-corrected chi connectivity index (χ3v) is 6.55. The van der Waals surface area contributed by atoms with E-state index in [1.807, 2.05) is 13.0 Å². The highest BCUT2D eigenvalue weighted by Crippen LogP contribution is 2.26. The molecule has 0 unspecified atom stereocenters. The highest BCUT2D eigenvalue weighted by molar-refractivity contribution is 9.10. The predicted octanol–water partition coefficient (Wildman–Crippen LogP) is 4.41. The summed E-state index contributed by atoms with van der Waals surface area (Å²) in [5, 5.41) is 2.85. The van der Waals surface area contributed by atoms with E-state index in [4.69, 9.17) is 27.9 Å². The molecule has 0 aromatic heterocycles. The van der Waals surface area contributed by atoms with E-state index in [1.165, 1.54) is 18.2 Å². The Kier molecular flexibility index (Phi) is 7.88. The number of sulfone groups is 1. The minimum absolute atomic E-state index is 0.0158. The van der Waals surface area contributed by atoms with Crippen molar-refractivity contribution in [3.8, 4) is 0 Å². The summed E-state index contributed by atoms with van der Waals surface area (Å²) in [6, 6.07) is 9.35. The zero-order chi connectivity index (χ0) is 20.9. The van der Waals surface area contributed by atoms with E-state index in [1.54, 1.807) is 12.1 Å². The Labute approximate surface area is 181 Å². The van der Waals surface area contributed by atoms with Crippen molar-refractivity contribution in [2.24, 2.45) is 0 Å². The molecule has 0 radical (unpaired) electrons. The molecule has 1 amide bonds. The molecule has 0 aliphatic carbocycles. The van der Waals surface area contributed by atoms with Gasteiger partial charge in [-0.3, -0.25) is 9.59 Å². The second kappa shape index (κ2) is 9.73. The van der Waals surface area contributed by atoms with Gasteiger partial charge in [-0.15, -0.1) is 0 Å². The van der Waals surface area contributed by atoms with Crippen LogP contribution in [0, 0.1) is 6.92 Å². The van der Waals surface area contributed by atoms with Crippen molar-refractivity contribution in [3.05, 3.63) is 56.5 Å². The Balaban J connectivity index is 1.86. The molecular formula is C18H16BrCl2NO5S. The number of hydrogen-bond donors (Lipinski definition) is 1. The molecular weight excluding hydrogens is 493 g/mol. The van der Waals surface area contributed by atoms with E-state index < -0.39 is 40.5 Å². The predicted molar refractivity (Wildman–Crippen MR) is 112 cm³/mol. The molecule has 150 valence electrons. The topological polar surface area (TPSA) is 89.5 Å². The Morgan fingerprint density at radius 1 is 1.14 bits per heavy atom. The molecule has 28 heavy (non-hydrogen) atoms. The van der Waals surface area contributed by atoms with Crippen LogP contribution < -0.4 is 5.32 Å². The molecule has 0 aliphatic heterocycles. The van der Waals surface area contributed by atoms with Crippen LogP contribution in [0.1, 0.15) is 12.0 Å². The lowest BCUT2D eigenvalue weighted by atomic mass is 10.2. The smallest absolute Gasteiger partial charge is 0.307 e. The lowest BCUT2D eigenvalue weighted by Crippen LogP contribution is -2.22. The molecule has 1 N–H and O–H groups in total. The molecule has 0 saturated carbocycles. The number of rotatable bonds is 7. The van der Waals surface area contributed by atoms with E-state index in [2.05, 4.69) is 21.2 Å². The van der Waals surface area contributed by atoms with Crippen LogP contribution in [0.3, 0.4) is 0 Å². The van der Waals surface area contributed by atoms with Gasteiger partial charge in [-0.1, -0.05) is 39.1 Å². The number of ether oxygens (including phenoxy) is 1. The number of amides is 1. The molecule has 0 aliphatic rings. The van der Waals surface area contributed by atoms with Gasteiger partial charge in [0.15, 0.2) is 16.4 Å². The Bertz CT molecular complexity index is 1010. The quantitative estimate of drug-likeness (QED) is 0.559. The summed E-state index contributed by atoms with van der Waals surface area (Å²) in [6.45, 7) is 1.30. The number of hydrogen-bond acceptors (Lipinski definition) is 5. The van der Waals surface area contributed by atoms with Crippen LogP contribution in [0.15, 0.2) is 45.8 Å². The monoisotopic (exact) mass is 507 g/mol. The molecule has 0 bridgehead atoms. The molecule has 2 rings (SSSR count). The van der Waals surface area contributed by atoms with Gasteiger partial charge in [-0.2, -0.15) is 0 Å². The van der Waals surface area contributed by atoms with Gasteiger partial charge in [-0.25, -0.2) is 8.42 Å². The summed E-state index contributed by atoms with van der Waals surface area (Å²) >= 11 is 15.0. The van der Waals surface area contributed by atoms with Crippen molar-refractivity contribution in [3.63, 3.8) is 0 Å². The van der Waals surface area contributed by atoms with Crippen molar-refractivity contribution >= 4 is 66.5 Å². The van der Waals surface area contributed by atoms with Crippen LogP contribution in [0.25, 0.3) is 0 Å². The molecule has 6 nitrogen and oxygen atoms in total. The van der Waals surface area contributed by atoms with Crippen LogP contribution in [0.5, 0.6) is 0 Å². The largest absolute Gasteiger partial charge is 0.456 e. The van der Waals surface area contributed by atoms with Crippen LogP contribution in [-0.2, 0) is 24.2 Å². The number of carbonyl (C=O) groups excluding carboxylic acids is 2. The summed E-state index contributed by atoms with van der Waals surface area (Å²) in [7, 11) is -3.83. The summed E-state index contributed by atoms with van der Waals surface area (Å²) in [6.07, 6.45) is -0.421. The van der Waals surface area contributed by atoms with E-state index in [9.17, 15) is 18.0 Å². The number of carbonyl (C=O) groups is 2.